The van der Waals surface area contributed by atoms with Crippen molar-refractivity contribution >= 4 is 29.7 Å². The number of rotatable bonds is 5. The van der Waals surface area contributed by atoms with Gasteiger partial charge in [0.25, 0.3) is 0 Å². The summed E-state index contributed by atoms with van der Waals surface area (Å²) in [5.41, 5.74) is 0.524. The average Bonchev–Trinajstić information content (AvgIpc) is 2.68. The highest BCUT2D eigenvalue weighted by atomic mass is 31.2. The van der Waals surface area contributed by atoms with Gasteiger partial charge in [0.1, 0.15) is 12.0 Å². The van der Waals surface area contributed by atoms with Gasteiger partial charge in [-0.2, -0.15) is 0 Å². The summed E-state index contributed by atoms with van der Waals surface area (Å²) in [5.74, 6) is 2.07. The fourth-order valence-corrected chi connectivity index (χ4v) is 6.42. The summed E-state index contributed by atoms with van der Waals surface area (Å²) in [7, 11) is 0. The molecule has 0 saturated heterocycles. The Morgan fingerprint density at radius 1 is 1.00 bits per heavy atom. The Morgan fingerprint density at radius 3 is 2.00 bits per heavy atom. The summed E-state index contributed by atoms with van der Waals surface area (Å²) in [5, 5.41) is 3.37. The molecule has 0 saturated carbocycles. The molecular weight excluding hydrogens is 339 g/mol. The van der Waals surface area contributed by atoms with Crippen molar-refractivity contribution in [3.63, 3.8) is 0 Å². The van der Waals surface area contributed by atoms with E-state index in [9.17, 15) is 4.79 Å². The van der Waals surface area contributed by atoms with Crippen LogP contribution in [0.2, 0.25) is 0 Å². The van der Waals surface area contributed by atoms with Crippen LogP contribution in [0.15, 0.2) is 89.8 Å². The van der Waals surface area contributed by atoms with E-state index in [1.54, 1.807) is 6.08 Å². The molecule has 3 heteroatoms. The van der Waals surface area contributed by atoms with E-state index in [0.29, 0.717) is 5.57 Å². The number of allylic oxidation sites excluding steroid dienone is 2. The molecule has 0 spiro atoms. The maximum Gasteiger partial charge on any atom is 0.131 e. The maximum atomic E-state index is 11.6. The van der Waals surface area contributed by atoms with Crippen LogP contribution in [-0.4, -0.2) is 24.4 Å². The van der Waals surface area contributed by atoms with E-state index in [1.165, 1.54) is 0 Å². The van der Waals surface area contributed by atoms with Crippen molar-refractivity contribution in [1.82, 2.24) is 0 Å². The van der Waals surface area contributed by atoms with Gasteiger partial charge in [0.2, 0.25) is 0 Å². The predicted octanol–water partition coefficient (Wildman–Crippen LogP) is 4.09. The Hall–Kier alpha value is -2.37. The van der Waals surface area contributed by atoms with Gasteiger partial charge < -0.3 is 4.74 Å². The van der Waals surface area contributed by atoms with Crippen molar-refractivity contribution in [2.24, 2.45) is 0 Å². The molecule has 2 aromatic rings. The van der Waals surface area contributed by atoms with Crippen LogP contribution in [0.4, 0.5) is 0 Å². The largest absolute Gasteiger partial charge is 0.365 e. The number of benzene rings is 2. The molecule has 132 valence electrons. The smallest absolute Gasteiger partial charge is 0.131 e. The summed E-state index contributed by atoms with van der Waals surface area (Å²) < 4.78 is 6.17. The first-order chi connectivity index (χ1) is 12.6. The van der Waals surface area contributed by atoms with Crippen molar-refractivity contribution < 1.29 is 9.53 Å². The van der Waals surface area contributed by atoms with Crippen LogP contribution >= 0.6 is 6.89 Å². The van der Waals surface area contributed by atoms with Crippen molar-refractivity contribution in [2.45, 2.75) is 26.1 Å². The minimum Gasteiger partial charge on any atom is -0.365 e. The van der Waals surface area contributed by atoms with Gasteiger partial charge in [-0.25, -0.2) is 4.79 Å². The van der Waals surface area contributed by atoms with E-state index in [2.05, 4.69) is 36.3 Å². The average molecular weight is 362 g/mol. The zero-order valence-electron chi connectivity index (χ0n) is 15.1. The molecule has 0 heterocycles. The topological polar surface area (TPSA) is 26.3 Å². The van der Waals surface area contributed by atoms with E-state index in [1.807, 2.05) is 56.3 Å². The Kier molecular flexibility index (Phi) is 5.59. The lowest BCUT2D eigenvalue weighted by Gasteiger charge is -2.35. The summed E-state index contributed by atoms with van der Waals surface area (Å²) in [6, 6.07) is 20.6. The number of carbonyl (C=O) groups excluding carboxylic acids is 1. The monoisotopic (exact) mass is 362 g/mol. The van der Waals surface area contributed by atoms with Gasteiger partial charge in [-0.15, -0.1) is 0 Å². The molecule has 1 aliphatic rings. The zero-order chi connectivity index (χ0) is 18.6. The minimum atomic E-state index is -2.18. The second-order valence-corrected chi connectivity index (χ2v) is 9.72. The molecule has 0 radical (unpaired) electrons. The molecule has 0 N–H and O–H groups in total. The Bertz CT molecular complexity index is 874. The van der Waals surface area contributed by atoms with Gasteiger partial charge >= 0.3 is 0 Å². The quantitative estimate of drug-likeness (QED) is 0.591. The maximum absolute atomic E-state index is 11.6. The van der Waals surface area contributed by atoms with Gasteiger partial charge in [-0.05, 0) is 42.7 Å². The molecule has 2 nitrogen and oxygen atoms in total. The van der Waals surface area contributed by atoms with Gasteiger partial charge in [0.15, 0.2) is 0 Å². The molecule has 0 fully saturated rings. The van der Waals surface area contributed by atoms with Crippen molar-refractivity contribution in [2.75, 3.05) is 0 Å². The van der Waals surface area contributed by atoms with E-state index in [-0.39, 0.29) is 6.10 Å². The third-order valence-electron chi connectivity index (χ3n) is 4.45. The molecule has 26 heavy (non-hydrogen) atoms. The Labute approximate surface area is 155 Å². The summed E-state index contributed by atoms with van der Waals surface area (Å²) in [6.45, 7) is 1.78. The fraction of sp³-hybridized carbons (Fsp3) is 0.174. The normalized spacial score (nSPS) is 17.1. The van der Waals surface area contributed by atoms with Gasteiger partial charge in [-0.1, -0.05) is 79.1 Å². The summed E-state index contributed by atoms with van der Waals surface area (Å²) in [4.78, 5) is 11.6. The van der Waals surface area contributed by atoms with Gasteiger partial charge in [0, 0.05) is 0 Å². The van der Waals surface area contributed by atoms with E-state index < -0.39 is 13.0 Å². The van der Waals surface area contributed by atoms with Crippen LogP contribution in [0, 0.1) is 0 Å². The second-order valence-electron chi connectivity index (χ2n) is 6.55. The zero-order valence-corrected chi connectivity index (χ0v) is 16.0. The van der Waals surface area contributed by atoms with Crippen LogP contribution in [-0.2, 0) is 9.53 Å². The van der Waals surface area contributed by atoms with Crippen LogP contribution in [0.5, 0.6) is 0 Å². The first-order valence-corrected chi connectivity index (χ1v) is 10.7. The number of hydrogen-bond acceptors (Lipinski definition) is 2. The van der Waals surface area contributed by atoms with Crippen molar-refractivity contribution in [1.29, 1.82) is 0 Å². The van der Waals surface area contributed by atoms with E-state index in [4.69, 9.17) is 11.0 Å². The summed E-state index contributed by atoms with van der Waals surface area (Å²) >= 11 is 0. The molecule has 1 atom stereocenters. The van der Waals surface area contributed by atoms with E-state index >= 15 is 0 Å². The first kappa shape index (κ1) is 18.4. The SMILES string of the molecule is C=P(C1=CC=CC(=C=O)C1OC(C)C)(c1ccccc1)c1ccccc1. The third-order valence-corrected chi connectivity index (χ3v) is 8.08. The molecule has 0 aliphatic heterocycles. The molecule has 1 unspecified atom stereocenters. The lowest BCUT2D eigenvalue weighted by Crippen LogP contribution is -2.29. The molecule has 2 aromatic carbocycles. The van der Waals surface area contributed by atoms with Crippen molar-refractivity contribution in [3.05, 3.63) is 89.8 Å². The molecule has 0 bridgehead atoms. The lowest BCUT2D eigenvalue weighted by molar-refractivity contribution is 0.0549. The van der Waals surface area contributed by atoms with Gasteiger partial charge in [0.05, 0.1) is 11.7 Å². The third kappa shape index (κ3) is 3.45. The second kappa shape index (κ2) is 7.89. The Morgan fingerprint density at radius 2 is 1.54 bits per heavy atom. The summed E-state index contributed by atoms with van der Waals surface area (Å²) in [6.07, 6.45) is 10.1. The minimum absolute atomic E-state index is 0.0155. The van der Waals surface area contributed by atoms with Crippen LogP contribution in [0.25, 0.3) is 0 Å². The fourth-order valence-electron chi connectivity index (χ4n) is 3.23. The molecule has 0 amide bonds. The highest BCUT2D eigenvalue weighted by Gasteiger charge is 2.34. The van der Waals surface area contributed by atoms with Gasteiger partial charge in [-0.3, -0.25) is 0 Å². The van der Waals surface area contributed by atoms with Crippen molar-refractivity contribution in [3.8, 4) is 0 Å². The standard InChI is InChI=1S/C23H23O2P/c1-18(2)25-23-19(17-24)11-10-16-22(23)26(3,20-12-6-4-7-13-20)21-14-8-5-9-15-21/h4-16,18,23H,3H2,1-2H3. The lowest BCUT2D eigenvalue weighted by atomic mass is 10.1. The predicted molar refractivity (Wildman–Crippen MR) is 113 cm³/mol. The Balaban J connectivity index is 2.25. The van der Waals surface area contributed by atoms with E-state index in [0.717, 1.165) is 15.9 Å². The highest BCUT2D eigenvalue weighted by Crippen LogP contribution is 2.55. The molecule has 1 aliphatic carbocycles. The molecule has 0 aromatic heterocycles. The highest BCUT2D eigenvalue weighted by molar-refractivity contribution is 7.90. The van der Waals surface area contributed by atoms with Crippen LogP contribution < -0.4 is 10.6 Å². The number of hydrogen-bond donors (Lipinski definition) is 0. The molecular formula is C23H23O2P. The molecule has 3 rings (SSSR count). The van der Waals surface area contributed by atoms with Crippen LogP contribution in [0.1, 0.15) is 13.8 Å². The number of ether oxygens (including phenoxy) is 1. The first-order valence-electron chi connectivity index (χ1n) is 8.71. The van der Waals surface area contributed by atoms with Crippen LogP contribution in [0.3, 0.4) is 0 Å².